The van der Waals surface area contributed by atoms with Gasteiger partial charge < -0.3 is 15.0 Å². The number of halogens is 1. The van der Waals surface area contributed by atoms with E-state index >= 15 is 0 Å². The number of hydrogen-bond donors (Lipinski definition) is 1. The third kappa shape index (κ3) is 6.59. The maximum Gasteiger partial charge on any atom is 0.242 e. The first-order valence-corrected chi connectivity index (χ1v) is 10.8. The van der Waals surface area contributed by atoms with Gasteiger partial charge in [0.2, 0.25) is 11.8 Å². The molecule has 6 heteroatoms. The lowest BCUT2D eigenvalue weighted by molar-refractivity contribution is -0.140. The predicted molar refractivity (Wildman–Crippen MR) is 126 cm³/mol. The maximum atomic E-state index is 13.2. The summed E-state index contributed by atoms with van der Waals surface area (Å²) in [5.41, 5.74) is 2.77. The van der Waals surface area contributed by atoms with Crippen molar-refractivity contribution in [2.75, 3.05) is 7.11 Å². The second-order valence-corrected chi connectivity index (χ2v) is 7.99. The zero-order valence-electron chi connectivity index (χ0n) is 18.3. The Labute approximate surface area is 194 Å². The fourth-order valence-corrected chi connectivity index (χ4v) is 3.45. The first-order chi connectivity index (χ1) is 15.5. The van der Waals surface area contributed by atoms with E-state index in [1.807, 2.05) is 66.7 Å². The largest absolute Gasteiger partial charge is 0.497 e. The van der Waals surface area contributed by atoms with Gasteiger partial charge in [0.1, 0.15) is 11.8 Å². The number of carbonyl (C=O) groups excluding carboxylic acids is 2. The molecule has 0 heterocycles. The van der Waals surface area contributed by atoms with Gasteiger partial charge in [-0.15, -0.1) is 0 Å². The van der Waals surface area contributed by atoms with Gasteiger partial charge in [0.25, 0.3) is 0 Å². The molecule has 1 N–H and O–H groups in total. The molecule has 0 aliphatic carbocycles. The zero-order chi connectivity index (χ0) is 22.9. The maximum absolute atomic E-state index is 13.2. The lowest BCUT2D eigenvalue weighted by Gasteiger charge is -2.29. The summed E-state index contributed by atoms with van der Waals surface area (Å²) in [6.07, 6.45) is 0.227. The molecule has 3 aromatic rings. The number of benzene rings is 3. The molecule has 0 radical (unpaired) electrons. The molecule has 5 nitrogen and oxygen atoms in total. The molecule has 1 atom stereocenters. The molecule has 0 saturated carbocycles. The average Bonchev–Trinajstić information content (AvgIpc) is 2.82. The molecule has 0 fully saturated rings. The van der Waals surface area contributed by atoms with Crippen molar-refractivity contribution in [1.29, 1.82) is 0 Å². The molecule has 3 aromatic carbocycles. The highest BCUT2D eigenvalue weighted by Gasteiger charge is 2.26. The quantitative estimate of drug-likeness (QED) is 0.517. The molecule has 2 amide bonds. The van der Waals surface area contributed by atoms with Crippen molar-refractivity contribution in [2.45, 2.75) is 32.5 Å². The number of amides is 2. The lowest BCUT2D eigenvalue weighted by Crippen LogP contribution is -2.47. The van der Waals surface area contributed by atoms with Crippen molar-refractivity contribution in [3.8, 4) is 5.75 Å². The molecular formula is C26H27ClN2O3. The molecular weight excluding hydrogens is 424 g/mol. The highest BCUT2D eigenvalue weighted by Crippen LogP contribution is 2.16. The van der Waals surface area contributed by atoms with Gasteiger partial charge in [-0.2, -0.15) is 0 Å². The molecule has 1 unspecified atom stereocenters. The molecule has 3 rings (SSSR count). The van der Waals surface area contributed by atoms with Gasteiger partial charge in [-0.1, -0.05) is 66.2 Å². The Morgan fingerprint density at radius 1 is 0.906 bits per heavy atom. The summed E-state index contributed by atoms with van der Waals surface area (Å²) >= 11 is 6.00. The Bertz CT molecular complexity index is 1020. The number of nitrogens with one attached hydrogen (secondary N) is 1. The zero-order valence-corrected chi connectivity index (χ0v) is 19.0. The van der Waals surface area contributed by atoms with Crippen LogP contribution in [0.15, 0.2) is 78.9 Å². The van der Waals surface area contributed by atoms with Crippen LogP contribution in [0.5, 0.6) is 5.75 Å². The summed E-state index contributed by atoms with van der Waals surface area (Å²) in [6, 6.07) is 23.7. The molecule has 0 aliphatic rings. The van der Waals surface area contributed by atoms with Crippen molar-refractivity contribution >= 4 is 23.4 Å². The van der Waals surface area contributed by atoms with Crippen LogP contribution in [0.4, 0.5) is 0 Å². The average molecular weight is 451 g/mol. The van der Waals surface area contributed by atoms with E-state index in [0.29, 0.717) is 18.1 Å². The van der Waals surface area contributed by atoms with Gasteiger partial charge in [-0.05, 0) is 47.9 Å². The summed E-state index contributed by atoms with van der Waals surface area (Å²) in [4.78, 5) is 27.7. The number of methoxy groups -OCH3 is 1. The predicted octanol–water partition coefficient (Wildman–Crippen LogP) is 4.62. The Morgan fingerprint density at radius 3 is 2.16 bits per heavy atom. The summed E-state index contributed by atoms with van der Waals surface area (Å²) < 4.78 is 5.16. The van der Waals surface area contributed by atoms with Gasteiger partial charge in [0, 0.05) is 18.1 Å². The molecule has 0 saturated heterocycles. The number of ether oxygens (including phenoxy) is 1. The number of hydrogen-bond acceptors (Lipinski definition) is 3. The minimum Gasteiger partial charge on any atom is -0.497 e. The normalized spacial score (nSPS) is 11.5. The first kappa shape index (κ1) is 23.4. The van der Waals surface area contributed by atoms with Crippen LogP contribution in [0.3, 0.4) is 0 Å². The van der Waals surface area contributed by atoms with E-state index in [0.717, 1.165) is 22.4 Å². The first-order valence-electron chi connectivity index (χ1n) is 10.4. The van der Waals surface area contributed by atoms with Gasteiger partial charge >= 0.3 is 0 Å². The Hall–Kier alpha value is -3.31. The van der Waals surface area contributed by atoms with Crippen molar-refractivity contribution in [3.05, 3.63) is 101 Å². The van der Waals surface area contributed by atoms with Crippen molar-refractivity contribution in [3.63, 3.8) is 0 Å². The van der Waals surface area contributed by atoms with Crippen molar-refractivity contribution in [1.82, 2.24) is 10.2 Å². The lowest BCUT2D eigenvalue weighted by atomic mass is 10.1. The monoisotopic (exact) mass is 450 g/mol. The van der Waals surface area contributed by atoms with E-state index in [-0.39, 0.29) is 18.2 Å². The second-order valence-electron chi connectivity index (χ2n) is 7.55. The van der Waals surface area contributed by atoms with Crippen LogP contribution in [0.1, 0.15) is 23.6 Å². The summed E-state index contributed by atoms with van der Waals surface area (Å²) in [6.45, 7) is 2.44. The fraction of sp³-hybridized carbons (Fsp3) is 0.231. The number of nitrogens with zero attached hydrogens (tertiary/aromatic N) is 1. The smallest absolute Gasteiger partial charge is 0.242 e. The van der Waals surface area contributed by atoms with Crippen LogP contribution < -0.4 is 10.1 Å². The van der Waals surface area contributed by atoms with E-state index in [1.165, 1.54) is 0 Å². The van der Waals surface area contributed by atoms with Crippen LogP contribution >= 0.6 is 11.6 Å². The highest BCUT2D eigenvalue weighted by atomic mass is 35.5. The van der Waals surface area contributed by atoms with Crippen molar-refractivity contribution < 1.29 is 14.3 Å². The van der Waals surface area contributed by atoms with Crippen LogP contribution in [0.25, 0.3) is 0 Å². The third-order valence-corrected chi connectivity index (χ3v) is 5.51. The topological polar surface area (TPSA) is 58.6 Å². The molecule has 0 spiro atoms. The standard InChI is InChI=1S/C26H27ClN2O3/c1-19(26(31)28-17-21-10-14-24(32-2)15-11-21)29(18-22-8-12-23(27)13-9-22)25(30)16-20-6-4-3-5-7-20/h3-15,19H,16-18H2,1-2H3,(H,28,31). The third-order valence-electron chi connectivity index (χ3n) is 5.26. The fourth-order valence-electron chi connectivity index (χ4n) is 3.32. The van der Waals surface area contributed by atoms with Crippen LogP contribution in [0.2, 0.25) is 5.02 Å². The second kappa shape index (κ2) is 11.3. The van der Waals surface area contributed by atoms with E-state index < -0.39 is 6.04 Å². The van der Waals surface area contributed by atoms with E-state index in [9.17, 15) is 9.59 Å². The van der Waals surface area contributed by atoms with Gasteiger partial charge in [-0.25, -0.2) is 0 Å². The molecule has 0 aliphatic heterocycles. The Morgan fingerprint density at radius 2 is 1.53 bits per heavy atom. The van der Waals surface area contributed by atoms with E-state index in [2.05, 4.69) is 5.32 Å². The molecule has 0 aromatic heterocycles. The Kier molecular flexibility index (Phi) is 8.28. The number of carbonyl (C=O) groups is 2. The van der Waals surface area contributed by atoms with Gasteiger partial charge in [-0.3, -0.25) is 9.59 Å². The van der Waals surface area contributed by atoms with Crippen LogP contribution in [0, 0.1) is 0 Å². The molecule has 166 valence electrons. The summed E-state index contributed by atoms with van der Waals surface area (Å²) in [5.74, 6) is 0.434. The van der Waals surface area contributed by atoms with Gasteiger partial charge in [0.15, 0.2) is 0 Å². The minimum atomic E-state index is -0.639. The summed E-state index contributed by atoms with van der Waals surface area (Å²) in [5, 5.41) is 3.56. The minimum absolute atomic E-state index is 0.113. The summed E-state index contributed by atoms with van der Waals surface area (Å²) in [7, 11) is 1.61. The SMILES string of the molecule is COc1ccc(CNC(=O)C(C)N(Cc2ccc(Cl)cc2)C(=O)Cc2ccccc2)cc1. The van der Waals surface area contributed by atoms with Crippen LogP contribution in [-0.2, 0) is 29.1 Å². The van der Waals surface area contributed by atoms with E-state index in [4.69, 9.17) is 16.3 Å². The van der Waals surface area contributed by atoms with Crippen molar-refractivity contribution in [2.24, 2.45) is 0 Å². The number of rotatable bonds is 9. The molecule has 0 bridgehead atoms. The van der Waals surface area contributed by atoms with Crippen LogP contribution in [-0.4, -0.2) is 29.9 Å². The van der Waals surface area contributed by atoms with Gasteiger partial charge in [0.05, 0.1) is 13.5 Å². The Balaban J connectivity index is 1.71. The van der Waals surface area contributed by atoms with E-state index in [1.54, 1.807) is 31.1 Å². The highest BCUT2D eigenvalue weighted by molar-refractivity contribution is 6.30. The molecule has 32 heavy (non-hydrogen) atoms.